The van der Waals surface area contributed by atoms with Crippen LogP contribution in [0.1, 0.15) is 53.0 Å². The van der Waals surface area contributed by atoms with Crippen LogP contribution in [0.2, 0.25) is 0 Å². The number of hydrogen-bond donors (Lipinski definition) is 1. The van der Waals surface area contributed by atoms with Crippen LogP contribution in [-0.4, -0.2) is 39.3 Å². The topological polar surface area (TPSA) is 87.6 Å². The van der Waals surface area contributed by atoms with Crippen LogP contribution in [0.15, 0.2) is 18.3 Å². The molecule has 1 saturated carbocycles. The van der Waals surface area contributed by atoms with Gasteiger partial charge in [-0.2, -0.15) is 0 Å². The van der Waals surface area contributed by atoms with Crippen LogP contribution in [0.5, 0.6) is 0 Å². The lowest BCUT2D eigenvalue weighted by Crippen LogP contribution is -2.46. The number of carbonyl (C=O) groups excluding carboxylic acids is 2. The maximum atomic E-state index is 12.3. The number of aliphatic carboxylic acids is 1. The zero-order chi connectivity index (χ0) is 15.0. The zero-order valence-corrected chi connectivity index (χ0v) is 11.5. The van der Waals surface area contributed by atoms with Gasteiger partial charge in [0.2, 0.25) is 0 Å². The number of hydrogen-bond acceptors (Lipinski definition) is 4. The van der Waals surface area contributed by atoms with Crippen molar-refractivity contribution in [1.29, 1.82) is 0 Å². The number of amides is 2. The predicted molar refractivity (Wildman–Crippen MR) is 72.8 cm³/mol. The monoisotopic (exact) mass is 288 g/mol. The van der Waals surface area contributed by atoms with E-state index in [0.717, 1.165) is 24.2 Å². The summed E-state index contributed by atoms with van der Waals surface area (Å²) in [6.45, 7) is -0.0592. The van der Waals surface area contributed by atoms with Gasteiger partial charge in [-0.1, -0.05) is 19.3 Å². The van der Waals surface area contributed by atoms with Gasteiger partial charge in [0, 0.05) is 12.7 Å². The molecule has 2 aliphatic rings. The molecule has 0 spiro atoms. The SMILES string of the molecule is O=C1c2cccnc2C(=O)N1CC1(C(=O)O)CCCCC1. The standard InChI is InChI=1S/C15H16N2O4/c18-12-10-5-4-8-16-11(10)13(19)17(12)9-15(14(20)21)6-2-1-3-7-15/h4-5,8H,1-3,6-7,9H2,(H,20,21). The summed E-state index contributed by atoms with van der Waals surface area (Å²) in [5.41, 5.74) is -0.622. The molecule has 0 radical (unpaired) electrons. The van der Waals surface area contributed by atoms with E-state index in [9.17, 15) is 19.5 Å². The molecule has 21 heavy (non-hydrogen) atoms. The second kappa shape index (κ2) is 4.95. The van der Waals surface area contributed by atoms with Crippen LogP contribution in [0.4, 0.5) is 0 Å². The van der Waals surface area contributed by atoms with E-state index in [0.29, 0.717) is 12.8 Å². The van der Waals surface area contributed by atoms with E-state index in [1.165, 1.54) is 6.20 Å². The normalized spacial score (nSPS) is 20.5. The van der Waals surface area contributed by atoms with Gasteiger partial charge in [0.15, 0.2) is 0 Å². The largest absolute Gasteiger partial charge is 0.481 e. The lowest BCUT2D eigenvalue weighted by atomic mass is 9.73. The second-order valence-electron chi connectivity index (χ2n) is 5.74. The van der Waals surface area contributed by atoms with Crippen molar-refractivity contribution in [2.24, 2.45) is 5.41 Å². The molecule has 0 aromatic carbocycles. The molecule has 2 heterocycles. The van der Waals surface area contributed by atoms with E-state index in [1.807, 2.05) is 0 Å². The molecule has 1 aliphatic carbocycles. The van der Waals surface area contributed by atoms with Gasteiger partial charge in [0.05, 0.1) is 11.0 Å². The average Bonchev–Trinajstić information content (AvgIpc) is 2.74. The van der Waals surface area contributed by atoms with Gasteiger partial charge in [0.25, 0.3) is 11.8 Å². The lowest BCUT2D eigenvalue weighted by molar-refractivity contribution is -0.151. The maximum absolute atomic E-state index is 12.3. The van der Waals surface area contributed by atoms with Gasteiger partial charge in [-0.05, 0) is 25.0 Å². The summed E-state index contributed by atoms with van der Waals surface area (Å²) < 4.78 is 0. The summed E-state index contributed by atoms with van der Waals surface area (Å²) in [5, 5.41) is 9.57. The first-order valence-electron chi connectivity index (χ1n) is 7.10. The minimum Gasteiger partial charge on any atom is -0.481 e. The van der Waals surface area contributed by atoms with Crippen LogP contribution >= 0.6 is 0 Å². The third kappa shape index (κ3) is 2.11. The van der Waals surface area contributed by atoms with E-state index >= 15 is 0 Å². The van der Waals surface area contributed by atoms with Gasteiger partial charge in [-0.15, -0.1) is 0 Å². The molecule has 1 aromatic heterocycles. The lowest BCUT2D eigenvalue weighted by Gasteiger charge is -2.35. The minimum atomic E-state index is -1.01. The molecule has 1 N–H and O–H groups in total. The summed E-state index contributed by atoms with van der Waals surface area (Å²) in [6.07, 6.45) is 5.09. The third-order valence-corrected chi connectivity index (χ3v) is 4.46. The molecule has 1 fully saturated rings. The first-order valence-corrected chi connectivity index (χ1v) is 7.10. The summed E-state index contributed by atoms with van der Waals surface area (Å²) in [7, 11) is 0. The average molecular weight is 288 g/mol. The number of carboxylic acids is 1. The van der Waals surface area contributed by atoms with Crippen molar-refractivity contribution in [2.45, 2.75) is 32.1 Å². The molecule has 110 valence electrons. The van der Waals surface area contributed by atoms with Gasteiger partial charge in [-0.3, -0.25) is 24.3 Å². The van der Waals surface area contributed by atoms with Gasteiger partial charge in [0.1, 0.15) is 5.69 Å². The highest BCUT2D eigenvalue weighted by Crippen LogP contribution is 2.38. The molecule has 1 aromatic rings. The van der Waals surface area contributed by atoms with E-state index in [2.05, 4.69) is 4.98 Å². The Hall–Kier alpha value is -2.24. The fourth-order valence-corrected chi connectivity index (χ4v) is 3.23. The highest BCUT2D eigenvalue weighted by atomic mass is 16.4. The molecule has 0 saturated heterocycles. The van der Waals surface area contributed by atoms with E-state index < -0.39 is 23.2 Å². The quantitative estimate of drug-likeness (QED) is 0.855. The Morgan fingerprint density at radius 3 is 2.57 bits per heavy atom. The molecule has 0 unspecified atom stereocenters. The van der Waals surface area contributed by atoms with Crippen LogP contribution in [0, 0.1) is 5.41 Å². The highest BCUT2D eigenvalue weighted by Gasteiger charge is 2.46. The number of aromatic nitrogens is 1. The van der Waals surface area contributed by atoms with Gasteiger partial charge < -0.3 is 5.11 Å². The first kappa shape index (κ1) is 13.7. The van der Waals surface area contributed by atoms with Crippen LogP contribution in [0.3, 0.4) is 0 Å². The predicted octanol–water partition coefficient (Wildman–Crippen LogP) is 1.71. The number of imide groups is 1. The Balaban J connectivity index is 1.90. The summed E-state index contributed by atoms with van der Waals surface area (Å²) in [4.78, 5) is 41.3. The fraction of sp³-hybridized carbons (Fsp3) is 0.467. The van der Waals surface area contributed by atoms with Crippen LogP contribution in [-0.2, 0) is 4.79 Å². The van der Waals surface area contributed by atoms with Crippen molar-refractivity contribution < 1.29 is 19.5 Å². The smallest absolute Gasteiger partial charge is 0.311 e. The van der Waals surface area contributed by atoms with E-state index in [1.54, 1.807) is 12.1 Å². The number of fused-ring (bicyclic) bond motifs is 1. The number of rotatable bonds is 3. The first-order chi connectivity index (χ1) is 10.1. The molecule has 6 heteroatoms. The summed E-state index contributed by atoms with van der Waals surface area (Å²) in [5.74, 6) is -1.84. The van der Waals surface area contributed by atoms with Gasteiger partial charge >= 0.3 is 5.97 Å². The van der Waals surface area contributed by atoms with Crippen molar-refractivity contribution in [3.8, 4) is 0 Å². The Labute approximate surface area is 121 Å². The molecule has 0 atom stereocenters. The molecular formula is C15H16N2O4. The zero-order valence-electron chi connectivity index (χ0n) is 11.5. The Morgan fingerprint density at radius 1 is 1.24 bits per heavy atom. The van der Waals surface area contributed by atoms with E-state index in [-0.39, 0.29) is 17.8 Å². The Bertz CT molecular complexity index is 585. The second-order valence-corrected chi connectivity index (χ2v) is 5.74. The van der Waals surface area contributed by atoms with E-state index in [4.69, 9.17) is 0 Å². The molecule has 6 nitrogen and oxygen atoms in total. The molecular weight excluding hydrogens is 272 g/mol. The van der Waals surface area contributed by atoms with Gasteiger partial charge in [-0.25, -0.2) is 0 Å². The van der Waals surface area contributed by atoms with Crippen LogP contribution in [0.25, 0.3) is 0 Å². The van der Waals surface area contributed by atoms with Crippen molar-refractivity contribution >= 4 is 17.8 Å². The number of carboxylic acid groups (broad SMARTS) is 1. The summed E-state index contributed by atoms with van der Waals surface area (Å²) >= 11 is 0. The van der Waals surface area contributed by atoms with Crippen LogP contribution < -0.4 is 0 Å². The summed E-state index contributed by atoms with van der Waals surface area (Å²) in [6, 6.07) is 3.15. The third-order valence-electron chi connectivity index (χ3n) is 4.46. The maximum Gasteiger partial charge on any atom is 0.311 e. The molecule has 2 amide bonds. The van der Waals surface area contributed by atoms with Crippen molar-refractivity contribution in [3.63, 3.8) is 0 Å². The molecule has 1 aliphatic heterocycles. The minimum absolute atomic E-state index is 0.0592. The Kier molecular flexibility index (Phi) is 3.23. The number of pyridine rings is 1. The fourth-order valence-electron chi connectivity index (χ4n) is 3.23. The van der Waals surface area contributed by atoms with Crippen molar-refractivity contribution in [2.75, 3.05) is 6.54 Å². The van der Waals surface area contributed by atoms with Crippen molar-refractivity contribution in [1.82, 2.24) is 9.88 Å². The molecule has 3 rings (SSSR count). The molecule has 0 bridgehead atoms. The number of nitrogens with zero attached hydrogens (tertiary/aromatic N) is 2. The number of carbonyl (C=O) groups is 3. The Morgan fingerprint density at radius 2 is 1.95 bits per heavy atom. The highest BCUT2D eigenvalue weighted by molar-refractivity contribution is 6.20. The van der Waals surface area contributed by atoms with Crippen molar-refractivity contribution in [3.05, 3.63) is 29.6 Å².